The zero-order valence-corrected chi connectivity index (χ0v) is 9.54. The van der Waals surface area contributed by atoms with Crippen LogP contribution in [-0.4, -0.2) is 34.5 Å². The van der Waals surface area contributed by atoms with Crippen LogP contribution in [0.25, 0.3) is 0 Å². The van der Waals surface area contributed by atoms with E-state index in [1.54, 1.807) is 0 Å². The van der Waals surface area contributed by atoms with E-state index in [2.05, 4.69) is 0 Å². The third kappa shape index (κ3) is 1.66. The van der Waals surface area contributed by atoms with Crippen LogP contribution in [0.15, 0.2) is 24.3 Å². The summed E-state index contributed by atoms with van der Waals surface area (Å²) in [6.45, 7) is 0.498. The van der Waals surface area contributed by atoms with Crippen LogP contribution in [-0.2, 0) is 4.79 Å². The first-order valence-corrected chi connectivity index (χ1v) is 5.87. The molecule has 4 nitrogen and oxygen atoms in total. The van der Waals surface area contributed by atoms with E-state index in [4.69, 9.17) is 5.11 Å². The van der Waals surface area contributed by atoms with Crippen LogP contribution >= 0.6 is 0 Å². The van der Waals surface area contributed by atoms with Crippen LogP contribution in [0, 0.1) is 17.7 Å². The van der Waals surface area contributed by atoms with Gasteiger partial charge in [0, 0.05) is 12.1 Å². The Morgan fingerprint density at radius 2 is 1.94 bits per heavy atom. The Labute approximate surface area is 103 Å². The second kappa shape index (κ2) is 3.80. The van der Waals surface area contributed by atoms with Gasteiger partial charge in [0.15, 0.2) is 0 Å². The molecule has 1 N–H and O–H groups in total. The van der Waals surface area contributed by atoms with Gasteiger partial charge in [-0.2, -0.15) is 0 Å². The van der Waals surface area contributed by atoms with Crippen molar-refractivity contribution in [2.75, 3.05) is 6.54 Å². The lowest BCUT2D eigenvalue weighted by molar-refractivity contribution is -0.142. The predicted octanol–water partition coefficient (Wildman–Crippen LogP) is 1.37. The molecule has 1 aromatic carbocycles. The number of hydrogen-bond acceptors (Lipinski definition) is 2. The molecule has 18 heavy (non-hydrogen) atoms. The molecule has 1 saturated carbocycles. The molecule has 3 atom stereocenters. The molecule has 1 aliphatic heterocycles. The number of carbonyl (C=O) groups is 2. The number of halogens is 1. The number of benzene rings is 1. The summed E-state index contributed by atoms with van der Waals surface area (Å²) in [5, 5.41) is 9.17. The average Bonchev–Trinajstić information content (AvgIpc) is 2.99. The summed E-state index contributed by atoms with van der Waals surface area (Å²) in [7, 11) is 0. The summed E-state index contributed by atoms with van der Waals surface area (Å²) in [6.07, 6.45) is 0.893. The molecule has 0 radical (unpaired) electrons. The zero-order chi connectivity index (χ0) is 12.9. The van der Waals surface area contributed by atoms with Crippen molar-refractivity contribution in [1.82, 2.24) is 4.90 Å². The maximum absolute atomic E-state index is 12.8. The van der Waals surface area contributed by atoms with E-state index in [0.29, 0.717) is 18.0 Å². The molecule has 94 valence electrons. The third-order valence-corrected chi connectivity index (χ3v) is 3.75. The second-order valence-corrected chi connectivity index (χ2v) is 4.91. The number of hydrogen-bond donors (Lipinski definition) is 1. The predicted molar refractivity (Wildman–Crippen MR) is 60.5 cm³/mol. The van der Waals surface area contributed by atoms with E-state index in [-0.39, 0.29) is 11.8 Å². The number of carboxylic acids is 1. The van der Waals surface area contributed by atoms with Crippen molar-refractivity contribution in [3.05, 3.63) is 35.6 Å². The summed E-state index contributed by atoms with van der Waals surface area (Å²) in [5.41, 5.74) is 0.337. The number of nitrogens with zero attached hydrogens (tertiary/aromatic N) is 1. The summed E-state index contributed by atoms with van der Waals surface area (Å²) < 4.78 is 12.8. The Bertz CT molecular complexity index is 513. The second-order valence-electron chi connectivity index (χ2n) is 4.91. The number of carboxylic acid groups (broad SMARTS) is 1. The molecule has 0 aromatic heterocycles. The molecule has 2 fully saturated rings. The van der Waals surface area contributed by atoms with Gasteiger partial charge >= 0.3 is 5.97 Å². The van der Waals surface area contributed by atoms with Crippen molar-refractivity contribution in [1.29, 1.82) is 0 Å². The zero-order valence-electron chi connectivity index (χ0n) is 9.54. The normalized spacial score (nSPS) is 28.9. The highest BCUT2D eigenvalue weighted by Crippen LogP contribution is 2.49. The fraction of sp³-hybridized carbons (Fsp3) is 0.385. The van der Waals surface area contributed by atoms with Gasteiger partial charge in [0.2, 0.25) is 0 Å². The molecule has 1 saturated heterocycles. The number of fused-ring (bicyclic) bond motifs is 1. The molecule has 0 spiro atoms. The van der Waals surface area contributed by atoms with Crippen molar-refractivity contribution in [3.8, 4) is 0 Å². The molecule has 0 unspecified atom stereocenters. The van der Waals surface area contributed by atoms with Gasteiger partial charge in [-0.25, -0.2) is 9.18 Å². The lowest BCUT2D eigenvalue weighted by atomic mass is 10.1. The number of likely N-dealkylation sites (tertiary alicyclic amines) is 1. The average molecular weight is 249 g/mol. The largest absolute Gasteiger partial charge is 0.480 e. The Balaban J connectivity index is 1.84. The molecule has 2 aliphatic rings. The van der Waals surface area contributed by atoms with E-state index >= 15 is 0 Å². The Morgan fingerprint density at radius 1 is 1.28 bits per heavy atom. The van der Waals surface area contributed by atoms with E-state index < -0.39 is 17.8 Å². The van der Waals surface area contributed by atoms with Crippen LogP contribution in [0.4, 0.5) is 4.39 Å². The summed E-state index contributed by atoms with van der Waals surface area (Å²) >= 11 is 0. The smallest absolute Gasteiger partial charge is 0.326 e. The first-order chi connectivity index (χ1) is 8.58. The van der Waals surface area contributed by atoms with Crippen molar-refractivity contribution in [3.63, 3.8) is 0 Å². The lowest BCUT2D eigenvalue weighted by Gasteiger charge is -2.24. The molecular weight excluding hydrogens is 237 g/mol. The number of piperidine rings is 1. The highest BCUT2D eigenvalue weighted by molar-refractivity contribution is 5.97. The Kier molecular flexibility index (Phi) is 2.36. The van der Waals surface area contributed by atoms with E-state index in [1.165, 1.54) is 29.2 Å². The van der Waals surface area contributed by atoms with Gasteiger partial charge in [-0.15, -0.1) is 0 Å². The van der Waals surface area contributed by atoms with Gasteiger partial charge < -0.3 is 10.0 Å². The van der Waals surface area contributed by atoms with Gasteiger partial charge in [-0.3, -0.25) is 4.79 Å². The van der Waals surface area contributed by atoms with Crippen LogP contribution in [0.2, 0.25) is 0 Å². The Hall–Kier alpha value is -1.91. The standard InChI is InChI=1S/C13H12FNO3/c14-9-3-1-7(2-4-9)12(16)15-6-8-5-10(8)11(15)13(17)18/h1-4,8,10-11H,5-6H2,(H,17,18)/t8-,10-,11+/m1/s1. The van der Waals surface area contributed by atoms with Crippen molar-refractivity contribution in [2.45, 2.75) is 12.5 Å². The highest BCUT2D eigenvalue weighted by atomic mass is 19.1. The summed E-state index contributed by atoms with van der Waals surface area (Å²) in [4.78, 5) is 24.8. The minimum Gasteiger partial charge on any atom is -0.480 e. The van der Waals surface area contributed by atoms with Gasteiger partial charge in [0.1, 0.15) is 11.9 Å². The number of amides is 1. The van der Waals surface area contributed by atoms with Crippen molar-refractivity contribution >= 4 is 11.9 Å². The minimum absolute atomic E-state index is 0.104. The number of carbonyl (C=O) groups excluding carboxylic acids is 1. The van der Waals surface area contributed by atoms with E-state index in [1.807, 2.05) is 0 Å². The SMILES string of the molecule is O=C(O)[C@@H]1[C@@H]2C[C@@H]2CN1C(=O)c1ccc(F)cc1. The fourth-order valence-electron chi connectivity index (χ4n) is 2.75. The van der Waals surface area contributed by atoms with Gasteiger partial charge in [-0.1, -0.05) is 0 Å². The van der Waals surface area contributed by atoms with Crippen molar-refractivity contribution in [2.24, 2.45) is 11.8 Å². The lowest BCUT2D eigenvalue weighted by Crippen LogP contribution is -2.43. The van der Waals surface area contributed by atoms with Crippen molar-refractivity contribution < 1.29 is 19.1 Å². The highest BCUT2D eigenvalue weighted by Gasteiger charge is 2.57. The van der Waals surface area contributed by atoms with Crippen LogP contribution in [0.3, 0.4) is 0 Å². The molecule has 0 bridgehead atoms. The topological polar surface area (TPSA) is 57.6 Å². The fourth-order valence-corrected chi connectivity index (χ4v) is 2.75. The van der Waals surface area contributed by atoms with E-state index in [9.17, 15) is 14.0 Å². The van der Waals surface area contributed by atoms with E-state index in [0.717, 1.165) is 6.42 Å². The first-order valence-electron chi connectivity index (χ1n) is 5.87. The molecule has 5 heteroatoms. The molecule has 1 heterocycles. The van der Waals surface area contributed by atoms with Gasteiger partial charge in [-0.05, 0) is 42.5 Å². The van der Waals surface area contributed by atoms with Gasteiger partial charge in [0.05, 0.1) is 0 Å². The van der Waals surface area contributed by atoms with Crippen LogP contribution in [0.5, 0.6) is 0 Å². The molecule has 3 rings (SSSR count). The van der Waals surface area contributed by atoms with Crippen LogP contribution < -0.4 is 0 Å². The monoisotopic (exact) mass is 249 g/mol. The maximum Gasteiger partial charge on any atom is 0.326 e. The number of aliphatic carboxylic acids is 1. The summed E-state index contributed by atoms with van der Waals surface area (Å²) in [5.74, 6) is -1.25. The molecular formula is C13H12FNO3. The first kappa shape index (κ1) is 11.2. The Morgan fingerprint density at radius 3 is 2.56 bits per heavy atom. The minimum atomic E-state index is -0.949. The quantitative estimate of drug-likeness (QED) is 0.861. The molecule has 1 aliphatic carbocycles. The van der Waals surface area contributed by atoms with Crippen LogP contribution in [0.1, 0.15) is 16.8 Å². The number of rotatable bonds is 2. The summed E-state index contributed by atoms with van der Waals surface area (Å²) in [6, 6.07) is 4.48. The molecule has 1 amide bonds. The maximum atomic E-state index is 12.8. The third-order valence-electron chi connectivity index (χ3n) is 3.75. The molecule has 1 aromatic rings. The van der Waals surface area contributed by atoms with Gasteiger partial charge in [0.25, 0.3) is 5.91 Å².